The molecule has 1 amide bonds. The first kappa shape index (κ1) is 21.4. The quantitative estimate of drug-likeness (QED) is 0.558. The molecule has 0 spiro atoms. The third kappa shape index (κ3) is 5.26. The van der Waals surface area contributed by atoms with Crippen molar-refractivity contribution < 1.29 is 14.1 Å². The molecule has 0 bridgehead atoms. The molecule has 1 aliphatic rings. The van der Waals surface area contributed by atoms with Gasteiger partial charge in [0.2, 0.25) is 11.7 Å². The Labute approximate surface area is 186 Å². The zero-order valence-corrected chi connectivity index (χ0v) is 18.6. The number of rotatable bonds is 7. The number of carbonyl (C=O) groups is 1. The molecule has 8 heteroatoms. The molecule has 1 fully saturated rings. The van der Waals surface area contributed by atoms with Crippen molar-refractivity contribution in [1.29, 1.82) is 0 Å². The highest BCUT2D eigenvalue weighted by atomic mass is 32.2. The van der Waals surface area contributed by atoms with Crippen molar-refractivity contribution >= 4 is 17.7 Å². The van der Waals surface area contributed by atoms with E-state index in [4.69, 9.17) is 9.26 Å². The molecule has 0 N–H and O–H groups in total. The van der Waals surface area contributed by atoms with Crippen molar-refractivity contribution in [2.45, 2.75) is 12.3 Å². The molecule has 1 aromatic heterocycles. The van der Waals surface area contributed by atoms with Crippen molar-refractivity contribution in [3.8, 4) is 17.1 Å². The first-order chi connectivity index (χ1) is 15.2. The predicted molar refractivity (Wildman–Crippen MR) is 121 cm³/mol. The van der Waals surface area contributed by atoms with Gasteiger partial charge in [0.25, 0.3) is 5.91 Å². The molecular formula is C23H26N4O3S. The molecule has 0 aliphatic carbocycles. The molecule has 0 atom stereocenters. The smallest absolute Gasteiger partial charge is 0.253 e. The second kappa shape index (κ2) is 9.98. The number of methoxy groups -OCH3 is 1. The lowest BCUT2D eigenvalue weighted by Crippen LogP contribution is -2.48. The number of nitrogens with zero attached hydrogens (tertiary/aromatic N) is 4. The number of hydrogen-bond donors (Lipinski definition) is 0. The van der Waals surface area contributed by atoms with Gasteiger partial charge >= 0.3 is 0 Å². The van der Waals surface area contributed by atoms with Gasteiger partial charge in [0.1, 0.15) is 5.75 Å². The summed E-state index contributed by atoms with van der Waals surface area (Å²) in [7, 11) is 1.64. The number of amides is 1. The summed E-state index contributed by atoms with van der Waals surface area (Å²) in [4.78, 5) is 21.5. The first-order valence-electron chi connectivity index (χ1n) is 10.2. The maximum absolute atomic E-state index is 12.8. The van der Waals surface area contributed by atoms with E-state index in [2.05, 4.69) is 21.3 Å². The molecule has 2 heterocycles. The molecule has 1 saturated heterocycles. The zero-order chi connectivity index (χ0) is 21.6. The van der Waals surface area contributed by atoms with Crippen LogP contribution >= 0.6 is 11.8 Å². The average molecular weight is 439 g/mol. The van der Waals surface area contributed by atoms with Gasteiger partial charge < -0.3 is 14.2 Å². The van der Waals surface area contributed by atoms with E-state index in [-0.39, 0.29) is 5.91 Å². The van der Waals surface area contributed by atoms with E-state index in [1.807, 2.05) is 53.4 Å². The molecule has 3 aromatic rings. The molecule has 2 aromatic carbocycles. The van der Waals surface area contributed by atoms with Gasteiger partial charge in [-0.25, -0.2) is 0 Å². The Morgan fingerprint density at radius 3 is 2.42 bits per heavy atom. The average Bonchev–Trinajstić information content (AvgIpc) is 3.28. The molecule has 31 heavy (non-hydrogen) atoms. The number of aromatic nitrogens is 2. The molecular weight excluding hydrogens is 412 g/mol. The summed E-state index contributed by atoms with van der Waals surface area (Å²) in [5.41, 5.74) is 2.87. The SMILES string of the molecule is COc1ccc(-c2noc(CN3CCN(C(=O)c4ccc(CSC)cc4)CC3)n2)cc1. The summed E-state index contributed by atoms with van der Waals surface area (Å²) < 4.78 is 10.6. The Kier molecular flexibility index (Phi) is 6.89. The first-order valence-corrected chi connectivity index (χ1v) is 11.6. The van der Waals surface area contributed by atoms with Crippen LogP contribution in [-0.2, 0) is 12.3 Å². The minimum atomic E-state index is 0.0925. The van der Waals surface area contributed by atoms with Crippen LogP contribution in [0.2, 0.25) is 0 Å². The van der Waals surface area contributed by atoms with Crippen molar-refractivity contribution in [2.24, 2.45) is 0 Å². The van der Waals surface area contributed by atoms with Gasteiger partial charge in [-0.3, -0.25) is 9.69 Å². The minimum Gasteiger partial charge on any atom is -0.497 e. The monoisotopic (exact) mass is 438 g/mol. The maximum Gasteiger partial charge on any atom is 0.253 e. The van der Waals surface area contributed by atoms with Gasteiger partial charge in [-0.2, -0.15) is 16.7 Å². The highest BCUT2D eigenvalue weighted by Crippen LogP contribution is 2.20. The fraction of sp³-hybridized carbons (Fsp3) is 0.348. The van der Waals surface area contributed by atoms with Gasteiger partial charge in [0.15, 0.2) is 0 Å². The number of hydrogen-bond acceptors (Lipinski definition) is 7. The summed E-state index contributed by atoms with van der Waals surface area (Å²) in [6.45, 7) is 3.50. The summed E-state index contributed by atoms with van der Waals surface area (Å²) in [6.07, 6.45) is 2.08. The summed E-state index contributed by atoms with van der Waals surface area (Å²) in [5, 5.41) is 4.09. The summed E-state index contributed by atoms with van der Waals surface area (Å²) in [5.74, 6) is 2.99. The van der Waals surface area contributed by atoms with Gasteiger partial charge in [0, 0.05) is 43.1 Å². The topological polar surface area (TPSA) is 71.7 Å². The van der Waals surface area contributed by atoms with Gasteiger partial charge in [-0.05, 0) is 48.2 Å². The maximum atomic E-state index is 12.8. The zero-order valence-electron chi connectivity index (χ0n) is 17.8. The van der Waals surface area contributed by atoms with Crippen LogP contribution in [0.3, 0.4) is 0 Å². The molecule has 0 saturated carbocycles. The molecule has 7 nitrogen and oxygen atoms in total. The number of benzene rings is 2. The van der Waals surface area contributed by atoms with Crippen LogP contribution in [0.25, 0.3) is 11.4 Å². The molecule has 0 unspecified atom stereocenters. The number of piperazine rings is 1. The lowest BCUT2D eigenvalue weighted by molar-refractivity contribution is 0.0615. The Hall–Kier alpha value is -2.84. The van der Waals surface area contributed by atoms with Crippen LogP contribution in [-0.4, -0.2) is 65.4 Å². The summed E-state index contributed by atoms with van der Waals surface area (Å²) in [6, 6.07) is 15.5. The second-order valence-corrected chi connectivity index (χ2v) is 8.30. The molecule has 162 valence electrons. The number of carbonyl (C=O) groups excluding carboxylic acids is 1. The summed E-state index contributed by atoms with van der Waals surface area (Å²) >= 11 is 1.78. The number of thioether (sulfide) groups is 1. The standard InChI is InChI=1S/C23H26N4O3S/c1-29-20-9-7-18(8-10-20)22-24-21(30-25-22)15-26-11-13-27(14-12-26)23(28)19-5-3-17(4-6-19)16-31-2/h3-10H,11-16H2,1-2H3. The Bertz CT molecular complexity index is 996. The Morgan fingerprint density at radius 2 is 1.77 bits per heavy atom. The van der Waals surface area contributed by atoms with Crippen LogP contribution < -0.4 is 4.74 Å². The second-order valence-electron chi connectivity index (χ2n) is 7.44. The van der Waals surface area contributed by atoms with Crippen molar-refractivity contribution in [3.05, 3.63) is 65.5 Å². The Balaban J connectivity index is 1.30. The molecule has 1 aliphatic heterocycles. The van der Waals surface area contributed by atoms with Crippen LogP contribution in [0.4, 0.5) is 0 Å². The van der Waals surface area contributed by atoms with E-state index in [1.54, 1.807) is 18.9 Å². The molecule has 0 radical (unpaired) electrons. The van der Waals surface area contributed by atoms with Crippen molar-refractivity contribution in [3.63, 3.8) is 0 Å². The van der Waals surface area contributed by atoms with Crippen LogP contribution in [0.5, 0.6) is 5.75 Å². The largest absolute Gasteiger partial charge is 0.497 e. The van der Waals surface area contributed by atoms with E-state index >= 15 is 0 Å². The van der Waals surface area contributed by atoms with Gasteiger partial charge in [-0.15, -0.1) is 0 Å². The van der Waals surface area contributed by atoms with E-state index in [9.17, 15) is 4.79 Å². The highest BCUT2D eigenvalue weighted by Gasteiger charge is 2.23. The van der Waals surface area contributed by atoms with E-state index in [0.29, 0.717) is 31.3 Å². The lowest BCUT2D eigenvalue weighted by atomic mass is 10.1. The lowest BCUT2D eigenvalue weighted by Gasteiger charge is -2.34. The van der Waals surface area contributed by atoms with Gasteiger partial charge in [-0.1, -0.05) is 17.3 Å². The van der Waals surface area contributed by atoms with Crippen LogP contribution in [0.1, 0.15) is 21.8 Å². The normalized spacial score (nSPS) is 14.6. The molecule has 4 rings (SSSR count). The number of ether oxygens (including phenoxy) is 1. The third-order valence-corrected chi connectivity index (χ3v) is 5.97. The fourth-order valence-electron chi connectivity index (χ4n) is 3.57. The fourth-order valence-corrected chi connectivity index (χ4v) is 4.10. The van der Waals surface area contributed by atoms with E-state index < -0.39 is 0 Å². The minimum absolute atomic E-state index is 0.0925. The van der Waals surface area contributed by atoms with E-state index in [1.165, 1.54) is 5.56 Å². The predicted octanol–water partition coefficient (Wildman–Crippen LogP) is 3.57. The third-order valence-electron chi connectivity index (χ3n) is 5.35. The van der Waals surface area contributed by atoms with Crippen molar-refractivity contribution in [2.75, 3.05) is 39.5 Å². The van der Waals surface area contributed by atoms with Crippen LogP contribution in [0, 0.1) is 0 Å². The Morgan fingerprint density at radius 1 is 1.06 bits per heavy atom. The highest BCUT2D eigenvalue weighted by molar-refractivity contribution is 7.97. The van der Waals surface area contributed by atoms with Crippen LogP contribution in [0.15, 0.2) is 53.1 Å². The van der Waals surface area contributed by atoms with Crippen molar-refractivity contribution in [1.82, 2.24) is 19.9 Å². The van der Waals surface area contributed by atoms with Gasteiger partial charge in [0.05, 0.1) is 13.7 Å². The van der Waals surface area contributed by atoms with E-state index in [0.717, 1.165) is 35.7 Å².